The van der Waals surface area contributed by atoms with Crippen molar-refractivity contribution in [3.63, 3.8) is 0 Å². The smallest absolute Gasteiger partial charge is 0.252 e. The Bertz CT molecular complexity index is 1690. The van der Waals surface area contributed by atoms with Gasteiger partial charge in [0.2, 0.25) is 5.90 Å². The van der Waals surface area contributed by atoms with Crippen LogP contribution in [-0.4, -0.2) is 42.2 Å². The topological polar surface area (TPSA) is 129 Å². The zero-order valence-electron chi connectivity index (χ0n) is 24.3. The van der Waals surface area contributed by atoms with Crippen LogP contribution in [0.2, 0.25) is 0 Å². The van der Waals surface area contributed by atoms with Crippen molar-refractivity contribution >= 4 is 17.5 Å². The summed E-state index contributed by atoms with van der Waals surface area (Å²) in [7, 11) is 0. The predicted molar refractivity (Wildman–Crippen MR) is 165 cm³/mol. The average Bonchev–Trinajstić information content (AvgIpc) is 3.42. The molecule has 230 valence electrons. The number of hydrogen-bond acceptors (Lipinski definition) is 6. The zero-order valence-corrected chi connectivity index (χ0v) is 24.3. The van der Waals surface area contributed by atoms with Gasteiger partial charge in [0.15, 0.2) is 11.6 Å². The number of aliphatic hydroxyl groups excluding tert-OH is 1. The van der Waals surface area contributed by atoms with Crippen molar-refractivity contribution < 1.29 is 28.2 Å². The Kier molecular flexibility index (Phi) is 10.0. The van der Waals surface area contributed by atoms with Crippen molar-refractivity contribution in [3.8, 4) is 5.75 Å². The molecular weight excluding hydrogens is 580 g/mol. The largest absolute Gasteiger partial charge is 0.494 e. The molecule has 0 fully saturated rings. The number of aliphatic imine (C=N–C) groups is 1. The molecular formula is C34H31F2N5O4. The van der Waals surface area contributed by atoms with Crippen molar-refractivity contribution in [1.82, 2.24) is 5.32 Å². The van der Waals surface area contributed by atoms with Gasteiger partial charge in [0.25, 0.3) is 5.91 Å². The number of aliphatic hydroxyl groups is 1. The van der Waals surface area contributed by atoms with Gasteiger partial charge in [0.1, 0.15) is 17.4 Å². The molecule has 0 aromatic heterocycles. The lowest BCUT2D eigenvalue weighted by Gasteiger charge is -2.31. The van der Waals surface area contributed by atoms with Crippen molar-refractivity contribution in [2.24, 2.45) is 10.1 Å². The number of amides is 1. The summed E-state index contributed by atoms with van der Waals surface area (Å²) < 4.78 is 39.7. The van der Waals surface area contributed by atoms with Gasteiger partial charge in [-0.3, -0.25) is 4.79 Å². The summed E-state index contributed by atoms with van der Waals surface area (Å²) in [5, 5.41) is 15.8. The number of benzene rings is 4. The number of carbonyl (C=O) groups is 1. The van der Waals surface area contributed by atoms with Crippen LogP contribution in [0.15, 0.2) is 107 Å². The van der Waals surface area contributed by atoms with E-state index < -0.39 is 29.2 Å². The van der Waals surface area contributed by atoms with E-state index in [9.17, 15) is 19.1 Å². The second kappa shape index (κ2) is 14.5. The number of hydrogen-bond donors (Lipinski definition) is 2. The van der Waals surface area contributed by atoms with Crippen molar-refractivity contribution in [2.75, 3.05) is 19.8 Å². The van der Waals surface area contributed by atoms with Crippen LogP contribution < -0.4 is 10.1 Å². The number of rotatable bonds is 13. The fourth-order valence-corrected chi connectivity index (χ4v) is 5.24. The second-order valence-electron chi connectivity index (χ2n) is 10.5. The third-order valence-electron chi connectivity index (χ3n) is 7.34. The first kappa shape index (κ1) is 31.2. The SMILES string of the molecule is [N-]=[N+]=Nc1ccccc1[C@H]1OC(c2ccc(OCCCO)cc2)=N[C@@]1(Cc1ccccc1)C(=O)NCCc1cc(F)cc(F)c1. The maximum absolute atomic E-state index is 14.3. The van der Waals surface area contributed by atoms with Crippen LogP contribution in [0.25, 0.3) is 10.4 Å². The molecule has 1 aliphatic rings. The Hall–Kier alpha value is -5.25. The lowest BCUT2D eigenvalue weighted by atomic mass is 9.81. The first-order valence-electron chi connectivity index (χ1n) is 14.4. The third-order valence-corrected chi connectivity index (χ3v) is 7.34. The molecule has 0 saturated carbocycles. The summed E-state index contributed by atoms with van der Waals surface area (Å²) in [6.45, 7) is 0.452. The summed E-state index contributed by atoms with van der Waals surface area (Å²) in [6, 6.07) is 26.5. The maximum atomic E-state index is 14.3. The molecule has 2 N–H and O–H groups in total. The highest BCUT2D eigenvalue weighted by Gasteiger charge is 2.53. The van der Waals surface area contributed by atoms with Crippen LogP contribution in [0, 0.1) is 11.6 Å². The van der Waals surface area contributed by atoms with Crippen LogP contribution in [0.4, 0.5) is 14.5 Å². The molecule has 0 spiro atoms. The summed E-state index contributed by atoms with van der Waals surface area (Å²) in [4.78, 5) is 22.3. The van der Waals surface area contributed by atoms with Crippen LogP contribution in [-0.2, 0) is 22.4 Å². The van der Waals surface area contributed by atoms with E-state index in [1.54, 1.807) is 48.5 Å². The minimum absolute atomic E-state index is 0.0200. The molecule has 9 nitrogen and oxygen atoms in total. The minimum atomic E-state index is -1.55. The third kappa shape index (κ3) is 7.46. The first-order chi connectivity index (χ1) is 21.9. The quantitative estimate of drug-likeness (QED) is 0.0771. The van der Waals surface area contributed by atoms with Crippen molar-refractivity contribution in [3.05, 3.63) is 141 Å². The molecule has 0 saturated heterocycles. The maximum Gasteiger partial charge on any atom is 0.252 e. The van der Waals surface area contributed by atoms with Gasteiger partial charge >= 0.3 is 0 Å². The molecule has 1 amide bonds. The van der Waals surface area contributed by atoms with Gasteiger partial charge in [-0.2, -0.15) is 0 Å². The summed E-state index contributed by atoms with van der Waals surface area (Å²) in [5.74, 6) is -1.07. The molecule has 11 heteroatoms. The number of azide groups is 1. The van der Waals surface area contributed by atoms with Gasteiger partial charge in [-0.05, 0) is 59.5 Å². The molecule has 0 bridgehead atoms. The Balaban J connectivity index is 1.55. The van der Waals surface area contributed by atoms with Crippen LogP contribution in [0.5, 0.6) is 5.75 Å². The molecule has 0 radical (unpaired) electrons. The van der Waals surface area contributed by atoms with Gasteiger partial charge < -0.3 is 19.9 Å². The van der Waals surface area contributed by atoms with E-state index >= 15 is 0 Å². The highest BCUT2D eigenvalue weighted by atomic mass is 19.1. The van der Waals surface area contributed by atoms with E-state index in [1.807, 2.05) is 30.3 Å². The Morgan fingerprint density at radius 3 is 2.42 bits per heavy atom. The normalized spacial score (nSPS) is 17.1. The van der Waals surface area contributed by atoms with E-state index in [0.717, 1.165) is 11.6 Å². The van der Waals surface area contributed by atoms with Crippen molar-refractivity contribution in [2.45, 2.75) is 30.9 Å². The van der Waals surface area contributed by atoms with E-state index in [2.05, 4.69) is 15.3 Å². The van der Waals surface area contributed by atoms with Crippen molar-refractivity contribution in [1.29, 1.82) is 0 Å². The number of nitrogens with one attached hydrogen (secondary N) is 1. The molecule has 45 heavy (non-hydrogen) atoms. The van der Waals surface area contributed by atoms with Gasteiger partial charge in [0.05, 0.1) is 6.61 Å². The number of ether oxygens (including phenoxy) is 2. The lowest BCUT2D eigenvalue weighted by Crippen LogP contribution is -2.50. The summed E-state index contributed by atoms with van der Waals surface area (Å²) in [6.07, 6.45) is -0.192. The molecule has 1 aliphatic heterocycles. The fourth-order valence-electron chi connectivity index (χ4n) is 5.24. The summed E-state index contributed by atoms with van der Waals surface area (Å²) >= 11 is 0. The molecule has 2 atom stereocenters. The fraction of sp³-hybridized carbons (Fsp3) is 0.235. The first-order valence-corrected chi connectivity index (χ1v) is 14.4. The Labute approximate surface area is 258 Å². The molecule has 0 aliphatic carbocycles. The Morgan fingerprint density at radius 2 is 1.71 bits per heavy atom. The van der Waals surface area contributed by atoms with Crippen LogP contribution in [0.1, 0.15) is 34.8 Å². The Morgan fingerprint density at radius 1 is 1.00 bits per heavy atom. The lowest BCUT2D eigenvalue weighted by molar-refractivity contribution is -0.128. The van der Waals surface area contributed by atoms with Gasteiger partial charge in [-0.15, -0.1) is 0 Å². The number of halogens is 2. The minimum Gasteiger partial charge on any atom is -0.494 e. The highest BCUT2D eigenvalue weighted by Crippen LogP contribution is 2.45. The van der Waals surface area contributed by atoms with E-state index in [0.29, 0.717) is 35.5 Å². The summed E-state index contributed by atoms with van der Waals surface area (Å²) in [5.41, 5.74) is 10.3. The molecule has 4 aromatic carbocycles. The van der Waals surface area contributed by atoms with Gasteiger partial charge in [-0.25, -0.2) is 13.8 Å². The second-order valence-corrected chi connectivity index (χ2v) is 10.5. The van der Waals surface area contributed by atoms with Crippen LogP contribution in [0.3, 0.4) is 0 Å². The monoisotopic (exact) mass is 611 g/mol. The molecule has 0 unspecified atom stereocenters. The van der Waals surface area contributed by atoms with Gasteiger partial charge in [-0.1, -0.05) is 59.7 Å². The standard InChI is InChI=1S/C34H31F2N5O4/c35-26-19-24(20-27(36)21-26)15-16-38-33(43)34(22-23-7-2-1-3-8-23)31(29-9-4-5-10-30(29)40-41-37)45-32(39-34)25-11-13-28(14-12-25)44-18-6-17-42/h1-5,7-14,19-21,31,42H,6,15-18,22H2,(H,38,43)/t31-,34-/m1/s1. The molecule has 1 heterocycles. The molecule has 5 rings (SSSR count). The number of carbonyl (C=O) groups excluding carboxylic acids is 1. The van der Waals surface area contributed by atoms with Gasteiger partial charge in [0, 0.05) is 53.8 Å². The van der Waals surface area contributed by atoms with E-state index in [4.69, 9.17) is 19.6 Å². The average molecular weight is 612 g/mol. The zero-order chi connectivity index (χ0) is 31.6. The van der Waals surface area contributed by atoms with E-state index in [-0.39, 0.29) is 37.6 Å². The predicted octanol–water partition coefficient (Wildman–Crippen LogP) is 6.53. The van der Waals surface area contributed by atoms with E-state index in [1.165, 1.54) is 12.1 Å². The molecule has 4 aromatic rings. The highest BCUT2D eigenvalue weighted by molar-refractivity contribution is 6.01. The van der Waals surface area contributed by atoms with Crippen LogP contribution >= 0.6 is 0 Å². The number of nitrogens with zero attached hydrogens (tertiary/aromatic N) is 4.